The zero-order valence-electron chi connectivity index (χ0n) is 11.4. The number of nitrogens with zero attached hydrogens (tertiary/aromatic N) is 1. The van der Waals surface area contributed by atoms with Gasteiger partial charge < -0.3 is 0 Å². The molecule has 20 heavy (non-hydrogen) atoms. The van der Waals surface area contributed by atoms with Crippen LogP contribution in [-0.2, 0) is 10.0 Å². The van der Waals surface area contributed by atoms with Crippen molar-refractivity contribution in [2.24, 2.45) is 0 Å². The van der Waals surface area contributed by atoms with E-state index in [-0.39, 0.29) is 4.90 Å². The lowest BCUT2D eigenvalue weighted by molar-refractivity contribution is 0.600. The minimum Gasteiger partial charge on any atom is -0.278 e. The molecule has 1 aromatic heterocycles. The number of hydrogen-bond acceptors (Lipinski definition) is 3. The number of anilines is 1. The zero-order chi connectivity index (χ0) is 14.9. The summed E-state index contributed by atoms with van der Waals surface area (Å²) in [4.78, 5) is 4.51. The molecule has 2 rings (SSSR count). The van der Waals surface area contributed by atoms with Crippen molar-refractivity contribution >= 4 is 31.6 Å². The Bertz CT molecular complexity index is 758. The minimum absolute atomic E-state index is 0.256. The van der Waals surface area contributed by atoms with E-state index in [1.54, 1.807) is 38.1 Å². The maximum Gasteiger partial charge on any atom is 0.262 e. The smallest absolute Gasteiger partial charge is 0.262 e. The molecule has 0 unspecified atom stereocenters. The summed E-state index contributed by atoms with van der Waals surface area (Å²) in [7, 11) is -3.62. The third-order valence-electron chi connectivity index (χ3n) is 2.91. The first-order chi connectivity index (χ1) is 9.29. The van der Waals surface area contributed by atoms with E-state index in [0.717, 1.165) is 10.2 Å². The fourth-order valence-electron chi connectivity index (χ4n) is 1.86. The lowest BCUT2D eigenvalue weighted by atomic mass is 10.2. The van der Waals surface area contributed by atoms with Crippen molar-refractivity contribution in [3.8, 4) is 0 Å². The molecule has 0 aliphatic carbocycles. The number of benzene rings is 1. The van der Waals surface area contributed by atoms with Gasteiger partial charge in [0.05, 0.1) is 16.3 Å². The van der Waals surface area contributed by atoms with Crippen molar-refractivity contribution in [3.05, 3.63) is 51.8 Å². The van der Waals surface area contributed by atoms with Crippen LogP contribution in [0.2, 0.25) is 0 Å². The highest BCUT2D eigenvalue weighted by Gasteiger charge is 2.18. The molecule has 1 N–H and O–H groups in total. The van der Waals surface area contributed by atoms with Gasteiger partial charge in [0.15, 0.2) is 0 Å². The highest BCUT2D eigenvalue weighted by atomic mass is 79.9. The Balaban J connectivity index is 2.43. The number of pyridine rings is 1. The monoisotopic (exact) mass is 354 g/mol. The van der Waals surface area contributed by atoms with Crippen LogP contribution in [0.4, 0.5) is 5.69 Å². The van der Waals surface area contributed by atoms with Crippen molar-refractivity contribution in [2.45, 2.75) is 25.7 Å². The molecule has 0 fully saturated rings. The maximum atomic E-state index is 12.5. The molecule has 0 aliphatic heterocycles. The average Bonchev–Trinajstić information content (AvgIpc) is 2.35. The van der Waals surface area contributed by atoms with Crippen molar-refractivity contribution in [2.75, 3.05) is 4.72 Å². The molecule has 0 amide bonds. The third kappa shape index (κ3) is 3.19. The van der Waals surface area contributed by atoms with Gasteiger partial charge in [-0.25, -0.2) is 8.42 Å². The maximum absolute atomic E-state index is 12.5. The molecular weight excluding hydrogens is 340 g/mol. The van der Waals surface area contributed by atoms with Gasteiger partial charge >= 0.3 is 0 Å². The Labute approximate surface area is 127 Å². The molecule has 1 aromatic carbocycles. The SMILES string of the molecule is Cc1ccc(NS(=O)(=O)c2cc(Br)ccc2C)c(C)n1. The number of hydrogen-bond donors (Lipinski definition) is 1. The van der Waals surface area contributed by atoms with Crippen LogP contribution in [0.3, 0.4) is 0 Å². The van der Waals surface area contributed by atoms with Gasteiger partial charge in [0.25, 0.3) is 10.0 Å². The Morgan fingerprint density at radius 1 is 1.10 bits per heavy atom. The summed E-state index contributed by atoms with van der Waals surface area (Å²) in [5.41, 5.74) is 2.69. The zero-order valence-corrected chi connectivity index (χ0v) is 13.8. The van der Waals surface area contributed by atoms with E-state index < -0.39 is 10.0 Å². The van der Waals surface area contributed by atoms with Gasteiger partial charge in [-0.1, -0.05) is 22.0 Å². The van der Waals surface area contributed by atoms with Crippen LogP contribution in [0.1, 0.15) is 17.0 Å². The van der Waals surface area contributed by atoms with Crippen LogP contribution in [0, 0.1) is 20.8 Å². The fourth-order valence-corrected chi connectivity index (χ4v) is 3.76. The molecule has 1 heterocycles. The van der Waals surface area contributed by atoms with Crippen LogP contribution < -0.4 is 4.72 Å². The van der Waals surface area contributed by atoms with Gasteiger partial charge in [-0.2, -0.15) is 0 Å². The van der Waals surface area contributed by atoms with E-state index in [9.17, 15) is 8.42 Å². The Hall–Kier alpha value is -1.40. The normalized spacial score (nSPS) is 11.4. The minimum atomic E-state index is -3.62. The highest BCUT2D eigenvalue weighted by molar-refractivity contribution is 9.10. The molecule has 106 valence electrons. The van der Waals surface area contributed by atoms with Gasteiger partial charge in [-0.05, 0) is 50.6 Å². The van der Waals surface area contributed by atoms with E-state index in [4.69, 9.17) is 0 Å². The Morgan fingerprint density at radius 3 is 2.45 bits per heavy atom. The predicted molar refractivity (Wildman–Crippen MR) is 83.4 cm³/mol. The average molecular weight is 355 g/mol. The Morgan fingerprint density at radius 2 is 1.80 bits per heavy atom. The van der Waals surface area contributed by atoms with Crippen LogP contribution in [0.15, 0.2) is 39.7 Å². The van der Waals surface area contributed by atoms with E-state index in [1.165, 1.54) is 0 Å². The molecule has 4 nitrogen and oxygen atoms in total. The summed E-state index contributed by atoms with van der Waals surface area (Å²) in [5, 5.41) is 0. The summed E-state index contributed by atoms with van der Waals surface area (Å²) in [6.45, 7) is 5.41. The van der Waals surface area contributed by atoms with Crippen molar-refractivity contribution in [3.63, 3.8) is 0 Å². The molecule has 0 radical (unpaired) electrons. The highest BCUT2D eigenvalue weighted by Crippen LogP contribution is 2.24. The first-order valence-electron chi connectivity index (χ1n) is 6.03. The summed E-state index contributed by atoms with van der Waals surface area (Å²) in [6.07, 6.45) is 0. The van der Waals surface area contributed by atoms with Gasteiger partial charge in [0.1, 0.15) is 0 Å². The number of sulfonamides is 1. The molecule has 0 aliphatic rings. The molecular formula is C14H15BrN2O2S. The molecule has 0 atom stereocenters. The largest absolute Gasteiger partial charge is 0.278 e. The first kappa shape index (κ1) is 15.0. The second-order valence-electron chi connectivity index (χ2n) is 4.60. The van der Waals surface area contributed by atoms with Crippen LogP contribution >= 0.6 is 15.9 Å². The summed E-state index contributed by atoms with van der Waals surface area (Å²) >= 11 is 3.29. The number of nitrogens with one attached hydrogen (secondary N) is 1. The standard InChI is InChI=1S/C14H15BrN2O2S/c1-9-4-6-12(15)8-14(9)20(18,19)17-13-7-5-10(2)16-11(13)3/h4-8,17H,1-3H3. The fraction of sp³-hybridized carbons (Fsp3) is 0.214. The number of halogens is 1. The lowest BCUT2D eigenvalue weighted by Gasteiger charge is -2.12. The van der Waals surface area contributed by atoms with Crippen molar-refractivity contribution < 1.29 is 8.42 Å². The van der Waals surface area contributed by atoms with E-state index in [0.29, 0.717) is 16.9 Å². The summed E-state index contributed by atoms with van der Waals surface area (Å²) in [5.74, 6) is 0. The van der Waals surface area contributed by atoms with E-state index >= 15 is 0 Å². The number of rotatable bonds is 3. The number of aryl methyl sites for hydroxylation is 3. The van der Waals surface area contributed by atoms with Gasteiger partial charge in [-0.3, -0.25) is 9.71 Å². The van der Waals surface area contributed by atoms with Gasteiger partial charge in [0, 0.05) is 10.2 Å². The molecule has 0 saturated carbocycles. The summed E-state index contributed by atoms with van der Waals surface area (Å²) in [6, 6.07) is 8.67. The van der Waals surface area contributed by atoms with E-state index in [1.807, 2.05) is 13.0 Å². The van der Waals surface area contributed by atoms with Gasteiger partial charge in [-0.15, -0.1) is 0 Å². The molecule has 0 saturated heterocycles. The van der Waals surface area contributed by atoms with E-state index in [2.05, 4.69) is 25.6 Å². The quantitative estimate of drug-likeness (QED) is 0.916. The van der Waals surface area contributed by atoms with Crippen LogP contribution in [0.25, 0.3) is 0 Å². The Kier molecular flexibility index (Phi) is 4.15. The van der Waals surface area contributed by atoms with Crippen molar-refractivity contribution in [1.82, 2.24) is 4.98 Å². The molecule has 2 aromatic rings. The van der Waals surface area contributed by atoms with Crippen LogP contribution in [-0.4, -0.2) is 13.4 Å². The first-order valence-corrected chi connectivity index (χ1v) is 8.30. The van der Waals surface area contributed by atoms with Gasteiger partial charge in [0.2, 0.25) is 0 Å². The summed E-state index contributed by atoms with van der Waals surface area (Å²) < 4.78 is 28.2. The predicted octanol–water partition coefficient (Wildman–Crippen LogP) is 3.57. The molecule has 6 heteroatoms. The van der Waals surface area contributed by atoms with Crippen LogP contribution in [0.5, 0.6) is 0 Å². The second kappa shape index (κ2) is 5.54. The second-order valence-corrected chi connectivity index (χ2v) is 7.17. The third-order valence-corrected chi connectivity index (χ3v) is 4.91. The topological polar surface area (TPSA) is 59.1 Å². The lowest BCUT2D eigenvalue weighted by Crippen LogP contribution is -2.15. The molecule has 0 spiro atoms. The van der Waals surface area contributed by atoms with Crippen molar-refractivity contribution in [1.29, 1.82) is 0 Å². The molecule has 0 bridgehead atoms. The number of aromatic nitrogens is 1.